The number of ether oxygens (including phenoxy) is 2. The lowest BCUT2D eigenvalue weighted by atomic mass is 10.3. The van der Waals surface area contributed by atoms with Gasteiger partial charge in [0.05, 0.1) is 13.7 Å². The minimum absolute atomic E-state index is 0.0700. The number of carbonyl (C=O) groups excluding carboxylic acids is 2. The molecule has 2 N–H and O–H groups in total. The van der Waals surface area contributed by atoms with Crippen molar-refractivity contribution in [2.45, 2.75) is 13.8 Å². The zero-order chi connectivity index (χ0) is 20.9. The summed E-state index contributed by atoms with van der Waals surface area (Å²) in [6.45, 7) is 3.28. The Balaban J connectivity index is 2.11. The maximum absolute atomic E-state index is 12.1. The molecule has 0 spiro atoms. The number of aryl methyl sites for hydroxylation is 2. The molecule has 2 aromatic rings. The zero-order valence-corrected chi connectivity index (χ0v) is 16.2. The summed E-state index contributed by atoms with van der Waals surface area (Å²) >= 11 is 0. The normalized spacial score (nSPS) is 10.9. The van der Waals surface area contributed by atoms with E-state index in [9.17, 15) is 18.0 Å². The Morgan fingerprint density at radius 2 is 2.00 bits per heavy atom. The molecule has 0 radical (unpaired) electrons. The summed E-state index contributed by atoms with van der Waals surface area (Å²) in [6, 6.07) is 0.322. The topological polar surface area (TPSA) is 164 Å². The van der Waals surface area contributed by atoms with E-state index in [1.165, 1.54) is 26.4 Å². The van der Waals surface area contributed by atoms with Crippen LogP contribution >= 0.6 is 0 Å². The first kappa shape index (κ1) is 20.9. The lowest BCUT2D eigenvalue weighted by Crippen LogP contribution is -2.37. The van der Waals surface area contributed by atoms with Crippen LogP contribution in [0.2, 0.25) is 0 Å². The summed E-state index contributed by atoms with van der Waals surface area (Å²) in [5, 5.41) is 5.86. The van der Waals surface area contributed by atoms with Crippen molar-refractivity contribution < 1.29 is 31.7 Å². The Kier molecular flexibility index (Phi) is 6.35. The van der Waals surface area contributed by atoms with Crippen molar-refractivity contribution in [1.29, 1.82) is 0 Å². The van der Waals surface area contributed by atoms with Crippen LogP contribution in [-0.2, 0) is 22.1 Å². The molecule has 0 saturated heterocycles. The fraction of sp³-hybridized carbons (Fsp3) is 0.357. The molecule has 0 atom stereocenters. The van der Waals surface area contributed by atoms with Crippen molar-refractivity contribution in [3.8, 4) is 11.8 Å². The summed E-state index contributed by atoms with van der Waals surface area (Å²) in [4.78, 5) is 31.5. The van der Waals surface area contributed by atoms with E-state index in [0.29, 0.717) is 5.69 Å². The lowest BCUT2D eigenvalue weighted by molar-refractivity contribution is 0.0524. The Morgan fingerprint density at radius 1 is 1.29 bits per heavy atom. The number of nitrogens with zero attached hydrogens (tertiary/aromatic N) is 4. The van der Waals surface area contributed by atoms with Crippen LogP contribution in [0, 0.1) is 6.92 Å². The van der Waals surface area contributed by atoms with Crippen LogP contribution in [0.3, 0.4) is 0 Å². The molecular formula is C14H18N6O7S. The monoisotopic (exact) mass is 414 g/mol. The summed E-state index contributed by atoms with van der Waals surface area (Å²) in [6.07, 6.45) is 1.22. The van der Waals surface area contributed by atoms with E-state index < -0.39 is 28.2 Å². The van der Waals surface area contributed by atoms with E-state index in [4.69, 9.17) is 13.7 Å². The molecule has 0 aliphatic heterocycles. The van der Waals surface area contributed by atoms with Crippen LogP contribution in [0.15, 0.2) is 12.3 Å². The molecule has 2 amide bonds. The predicted octanol–water partition coefficient (Wildman–Crippen LogP) is 0.149. The van der Waals surface area contributed by atoms with Gasteiger partial charge in [-0.3, -0.25) is 10.00 Å². The minimum Gasteiger partial charge on any atom is -0.481 e. The molecule has 0 fully saturated rings. The first-order chi connectivity index (χ1) is 13.1. The van der Waals surface area contributed by atoms with Gasteiger partial charge in [-0.25, -0.2) is 19.3 Å². The van der Waals surface area contributed by atoms with Crippen LogP contribution in [0.25, 0.3) is 0 Å². The molecule has 152 valence electrons. The third kappa shape index (κ3) is 5.54. The van der Waals surface area contributed by atoms with E-state index in [1.54, 1.807) is 18.6 Å². The predicted molar refractivity (Wildman–Crippen MR) is 94.2 cm³/mol. The van der Waals surface area contributed by atoms with E-state index in [1.807, 2.05) is 0 Å². The van der Waals surface area contributed by atoms with Gasteiger partial charge in [0, 0.05) is 25.0 Å². The highest BCUT2D eigenvalue weighted by Gasteiger charge is 2.25. The zero-order valence-electron chi connectivity index (χ0n) is 15.4. The third-order valence-corrected chi connectivity index (χ3v) is 3.77. The summed E-state index contributed by atoms with van der Waals surface area (Å²) < 4.78 is 41.3. The van der Waals surface area contributed by atoms with E-state index in [-0.39, 0.29) is 24.0 Å². The van der Waals surface area contributed by atoms with E-state index in [2.05, 4.69) is 20.4 Å². The number of carbonyl (C=O) groups is 2. The van der Waals surface area contributed by atoms with Crippen LogP contribution in [0.5, 0.6) is 11.8 Å². The van der Waals surface area contributed by atoms with Crippen LogP contribution in [-0.4, -0.2) is 53.9 Å². The molecule has 0 aromatic carbocycles. The molecule has 0 unspecified atom stereocenters. The SMILES string of the molecule is CCOC(=O)c1cn(C)nc1OS(=O)(=O)NC(=O)Nc1nc(C)cc(OC)n1. The number of rotatable bonds is 7. The molecule has 28 heavy (non-hydrogen) atoms. The largest absolute Gasteiger partial charge is 0.481 e. The number of hydrogen-bond donors (Lipinski definition) is 2. The fourth-order valence-corrected chi connectivity index (χ4v) is 2.59. The van der Waals surface area contributed by atoms with Crippen molar-refractivity contribution in [1.82, 2.24) is 24.5 Å². The van der Waals surface area contributed by atoms with Crippen molar-refractivity contribution in [2.24, 2.45) is 7.05 Å². The van der Waals surface area contributed by atoms with Gasteiger partial charge in [0.2, 0.25) is 11.8 Å². The fourth-order valence-electron chi connectivity index (χ4n) is 1.94. The maximum Gasteiger partial charge on any atom is 0.412 e. The van der Waals surface area contributed by atoms with Gasteiger partial charge in [-0.2, -0.15) is 13.4 Å². The molecule has 2 heterocycles. The Hall–Kier alpha value is -3.42. The van der Waals surface area contributed by atoms with Crippen LogP contribution in [0.4, 0.5) is 10.7 Å². The van der Waals surface area contributed by atoms with Crippen LogP contribution < -0.4 is 19.0 Å². The van der Waals surface area contributed by atoms with Gasteiger partial charge in [0.15, 0.2) is 0 Å². The minimum atomic E-state index is -4.67. The number of nitrogens with one attached hydrogen (secondary N) is 2. The first-order valence-electron chi connectivity index (χ1n) is 7.77. The second kappa shape index (κ2) is 8.51. The number of amides is 2. The maximum atomic E-state index is 12.1. The third-order valence-electron chi connectivity index (χ3n) is 2.96. The highest BCUT2D eigenvalue weighted by atomic mass is 32.2. The number of esters is 1. The molecule has 14 heteroatoms. The Morgan fingerprint density at radius 3 is 2.64 bits per heavy atom. The second-order valence-electron chi connectivity index (χ2n) is 5.21. The summed E-state index contributed by atoms with van der Waals surface area (Å²) in [7, 11) is -1.85. The van der Waals surface area contributed by atoms with Gasteiger partial charge in [0.1, 0.15) is 5.56 Å². The molecule has 2 aromatic heterocycles. The molecular weight excluding hydrogens is 396 g/mol. The molecule has 0 aliphatic rings. The number of anilines is 1. The average molecular weight is 414 g/mol. The van der Waals surface area contributed by atoms with Gasteiger partial charge < -0.3 is 13.7 Å². The summed E-state index contributed by atoms with van der Waals surface area (Å²) in [5.74, 6) is -1.38. The molecule has 0 bridgehead atoms. The quantitative estimate of drug-likeness (QED) is 0.596. The van der Waals surface area contributed by atoms with Crippen molar-refractivity contribution in [3.63, 3.8) is 0 Å². The van der Waals surface area contributed by atoms with Gasteiger partial charge in [-0.1, -0.05) is 0 Å². The van der Waals surface area contributed by atoms with Crippen molar-refractivity contribution >= 4 is 28.3 Å². The standard InChI is InChI=1S/C14H18N6O7S/c1-5-26-12(21)9-7-20(3)18-11(9)27-28(23,24)19-14(22)17-13-15-8(2)6-10(16-13)25-4/h6-7H,5H2,1-4H3,(H2,15,16,17,19,22). The van der Waals surface area contributed by atoms with Crippen molar-refractivity contribution in [3.05, 3.63) is 23.5 Å². The number of aromatic nitrogens is 4. The molecule has 2 rings (SSSR count). The molecule has 0 aliphatic carbocycles. The molecule has 0 saturated carbocycles. The van der Waals surface area contributed by atoms with Crippen molar-refractivity contribution in [2.75, 3.05) is 19.0 Å². The second-order valence-corrected chi connectivity index (χ2v) is 6.49. The smallest absolute Gasteiger partial charge is 0.412 e. The van der Waals surface area contributed by atoms with Gasteiger partial charge in [0.25, 0.3) is 5.88 Å². The number of methoxy groups -OCH3 is 1. The Labute approximate surface area is 160 Å². The summed E-state index contributed by atoms with van der Waals surface area (Å²) in [5.41, 5.74) is 0.260. The lowest BCUT2D eigenvalue weighted by Gasteiger charge is -2.09. The number of hydrogen-bond acceptors (Lipinski definition) is 10. The Bertz CT molecular complexity index is 988. The van der Waals surface area contributed by atoms with Gasteiger partial charge in [-0.15, -0.1) is 5.10 Å². The number of urea groups is 1. The van der Waals surface area contributed by atoms with Gasteiger partial charge in [-0.05, 0) is 13.8 Å². The highest BCUT2D eigenvalue weighted by Crippen LogP contribution is 2.18. The molecule has 13 nitrogen and oxygen atoms in total. The van der Waals surface area contributed by atoms with E-state index >= 15 is 0 Å². The van der Waals surface area contributed by atoms with Crippen LogP contribution in [0.1, 0.15) is 23.0 Å². The average Bonchev–Trinajstić information content (AvgIpc) is 2.93. The highest BCUT2D eigenvalue weighted by molar-refractivity contribution is 7.85. The van der Waals surface area contributed by atoms with Gasteiger partial charge >= 0.3 is 22.3 Å². The first-order valence-corrected chi connectivity index (χ1v) is 9.18. The van der Waals surface area contributed by atoms with E-state index in [0.717, 1.165) is 4.68 Å².